The molecule has 1 saturated heterocycles. The number of rotatable bonds is 3. The number of carbonyl (C=O) groups is 1. The monoisotopic (exact) mass is 348 g/mol. The van der Waals surface area contributed by atoms with Crippen LogP contribution in [-0.2, 0) is 11.3 Å². The summed E-state index contributed by atoms with van der Waals surface area (Å²) in [5, 5.41) is 10.3. The Bertz CT molecular complexity index is 689. The summed E-state index contributed by atoms with van der Waals surface area (Å²) in [4.78, 5) is 17.9. The van der Waals surface area contributed by atoms with Gasteiger partial charge in [0.05, 0.1) is 11.4 Å². The van der Waals surface area contributed by atoms with Crippen molar-refractivity contribution in [2.75, 3.05) is 13.1 Å². The molecule has 0 radical (unpaired) electrons. The largest absolute Gasteiger partial charge is 0.481 e. The van der Waals surface area contributed by atoms with Crippen LogP contribution in [0.5, 0.6) is 0 Å². The quantitative estimate of drug-likeness (QED) is 0.925. The van der Waals surface area contributed by atoms with E-state index in [-0.39, 0.29) is 11.8 Å². The van der Waals surface area contributed by atoms with Gasteiger partial charge in [-0.15, -0.1) is 0 Å². The molecule has 0 amide bonds. The second-order valence-electron chi connectivity index (χ2n) is 5.76. The molecule has 1 aliphatic heterocycles. The molecule has 0 bridgehead atoms. The van der Waals surface area contributed by atoms with Gasteiger partial charge in [0.1, 0.15) is 0 Å². The molecule has 0 unspecified atom stereocenters. The lowest BCUT2D eigenvalue weighted by Gasteiger charge is -2.16. The van der Waals surface area contributed by atoms with E-state index in [0.717, 1.165) is 34.0 Å². The molecule has 5 heteroatoms. The lowest BCUT2D eigenvalue weighted by atomic mass is 9.99. The van der Waals surface area contributed by atoms with Crippen molar-refractivity contribution in [1.82, 2.24) is 9.88 Å². The number of pyridine rings is 1. The minimum atomic E-state index is -0.692. The summed E-state index contributed by atoms with van der Waals surface area (Å²) >= 11 is 3.54. The van der Waals surface area contributed by atoms with E-state index in [1.54, 1.807) is 6.20 Å². The number of carboxylic acid groups (broad SMARTS) is 1. The Kier molecular flexibility index (Phi) is 3.95. The average molecular weight is 349 g/mol. The molecule has 1 aromatic heterocycles. The number of fused-ring (bicyclic) bond motifs is 1. The maximum atomic E-state index is 11.2. The average Bonchev–Trinajstić information content (AvgIpc) is 2.79. The number of hydrogen-bond acceptors (Lipinski definition) is 3. The van der Waals surface area contributed by atoms with E-state index < -0.39 is 5.97 Å². The smallest absolute Gasteiger partial charge is 0.308 e. The molecule has 110 valence electrons. The first-order chi connectivity index (χ1) is 10.0. The van der Waals surface area contributed by atoms with Crippen molar-refractivity contribution < 1.29 is 9.90 Å². The van der Waals surface area contributed by atoms with E-state index in [9.17, 15) is 9.90 Å². The van der Waals surface area contributed by atoms with Gasteiger partial charge in [0.2, 0.25) is 0 Å². The van der Waals surface area contributed by atoms with Crippen LogP contribution in [-0.4, -0.2) is 34.0 Å². The van der Waals surface area contributed by atoms with Gasteiger partial charge in [0, 0.05) is 35.7 Å². The zero-order chi connectivity index (χ0) is 15.0. The third-order valence-corrected chi connectivity index (χ3v) is 4.61. The number of benzene rings is 1. The topological polar surface area (TPSA) is 53.4 Å². The van der Waals surface area contributed by atoms with Gasteiger partial charge < -0.3 is 5.11 Å². The van der Waals surface area contributed by atoms with Crippen LogP contribution >= 0.6 is 15.9 Å². The molecule has 0 saturated carbocycles. The summed E-state index contributed by atoms with van der Waals surface area (Å²) in [5.74, 6) is -0.771. The maximum Gasteiger partial charge on any atom is 0.308 e. The van der Waals surface area contributed by atoms with Crippen LogP contribution in [0.1, 0.15) is 12.5 Å². The van der Waals surface area contributed by atoms with Crippen LogP contribution in [0.3, 0.4) is 0 Å². The van der Waals surface area contributed by atoms with E-state index in [2.05, 4.69) is 37.9 Å². The molecule has 1 fully saturated rings. The van der Waals surface area contributed by atoms with Gasteiger partial charge in [-0.3, -0.25) is 14.7 Å². The summed E-state index contributed by atoms with van der Waals surface area (Å²) in [7, 11) is 0. The molecule has 3 rings (SSSR count). The third-order valence-electron chi connectivity index (χ3n) is 4.15. The van der Waals surface area contributed by atoms with E-state index in [1.165, 1.54) is 0 Å². The Balaban J connectivity index is 1.87. The van der Waals surface area contributed by atoms with Crippen LogP contribution < -0.4 is 0 Å². The van der Waals surface area contributed by atoms with Gasteiger partial charge in [-0.25, -0.2) is 0 Å². The molecule has 1 aromatic carbocycles. The van der Waals surface area contributed by atoms with Crippen molar-refractivity contribution in [3.05, 3.63) is 40.5 Å². The Hall–Kier alpha value is -1.46. The van der Waals surface area contributed by atoms with Crippen LogP contribution in [0.25, 0.3) is 10.9 Å². The SMILES string of the molecule is C[C@@H]1CN(Cc2cc(Br)cc3cccnc23)C[C@H]1C(=O)O. The molecule has 21 heavy (non-hydrogen) atoms. The fourth-order valence-corrected chi connectivity index (χ4v) is 3.63. The first kappa shape index (κ1) is 14.5. The summed E-state index contributed by atoms with van der Waals surface area (Å²) in [6.07, 6.45) is 1.80. The van der Waals surface area contributed by atoms with E-state index in [1.807, 2.05) is 19.1 Å². The number of nitrogens with zero attached hydrogens (tertiary/aromatic N) is 2. The molecular weight excluding hydrogens is 332 g/mol. The second-order valence-corrected chi connectivity index (χ2v) is 6.67. The molecule has 2 aromatic rings. The number of aliphatic carboxylic acids is 1. The highest BCUT2D eigenvalue weighted by molar-refractivity contribution is 9.10. The fraction of sp³-hybridized carbons (Fsp3) is 0.375. The van der Waals surface area contributed by atoms with Crippen molar-refractivity contribution >= 4 is 32.8 Å². The van der Waals surface area contributed by atoms with Gasteiger partial charge in [-0.05, 0) is 29.7 Å². The van der Waals surface area contributed by atoms with Crippen LogP contribution in [0, 0.1) is 11.8 Å². The molecule has 1 aliphatic rings. The first-order valence-corrected chi connectivity index (χ1v) is 7.82. The van der Waals surface area contributed by atoms with Gasteiger partial charge in [0.25, 0.3) is 0 Å². The van der Waals surface area contributed by atoms with Crippen molar-refractivity contribution in [3.8, 4) is 0 Å². The molecule has 1 N–H and O–H groups in total. The second kappa shape index (κ2) is 5.73. The number of aromatic nitrogens is 1. The van der Waals surface area contributed by atoms with Gasteiger partial charge in [-0.2, -0.15) is 0 Å². The zero-order valence-corrected chi connectivity index (χ0v) is 13.4. The Morgan fingerprint density at radius 2 is 2.29 bits per heavy atom. The molecule has 2 heterocycles. The van der Waals surface area contributed by atoms with Gasteiger partial charge >= 0.3 is 5.97 Å². The molecular formula is C16H17BrN2O2. The highest BCUT2D eigenvalue weighted by Gasteiger charge is 2.34. The Morgan fingerprint density at radius 1 is 1.48 bits per heavy atom. The van der Waals surface area contributed by atoms with Crippen LogP contribution in [0.15, 0.2) is 34.9 Å². The third kappa shape index (κ3) is 2.94. The van der Waals surface area contributed by atoms with E-state index in [4.69, 9.17) is 0 Å². The summed E-state index contributed by atoms with van der Waals surface area (Å²) in [6, 6.07) is 8.10. The predicted molar refractivity (Wildman–Crippen MR) is 85.0 cm³/mol. The minimum Gasteiger partial charge on any atom is -0.481 e. The Morgan fingerprint density at radius 3 is 3.00 bits per heavy atom. The van der Waals surface area contributed by atoms with Gasteiger partial charge in [0.15, 0.2) is 0 Å². The zero-order valence-electron chi connectivity index (χ0n) is 11.8. The Labute approximate surface area is 131 Å². The maximum absolute atomic E-state index is 11.2. The van der Waals surface area contributed by atoms with Gasteiger partial charge in [-0.1, -0.05) is 28.9 Å². The standard InChI is InChI=1S/C16H17BrN2O2/c1-10-7-19(9-14(10)16(20)21)8-12-6-13(17)5-11-3-2-4-18-15(11)12/h2-6,10,14H,7-9H2,1H3,(H,20,21)/t10-,14-/m1/s1. The van der Waals surface area contributed by atoms with Crippen LogP contribution in [0.4, 0.5) is 0 Å². The van der Waals surface area contributed by atoms with Crippen molar-refractivity contribution in [3.63, 3.8) is 0 Å². The van der Waals surface area contributed by atoms with E-state index in [0.29, 0.717) is 6.54 Å². The molecule has 4 nitrogen and oxygen atoms in total. The predicted octanol–water partition coefficient (Wildman–Crippen LogP) is 3.15. The van der Waals surface area contributed by atoms with E-state index >= 15 is 0 Å². The van der Waals surface area contributed by atoms with Crippen molar-refractivity contribution in [2.24, 2.45) is 11.8 Å². The number of likely N-dealkylation sites (tertiary alicyclic amines) is 1. The summed E-state index contributed by atoms with van der Waals surface area (Å²) in [6.45, 7) is 4.17. The highest BCUT2D eigenvalue weighted by Crippen LogP contribution is 2.28. The highest BCUT2D eigenvalue weighted by atomic mass is 79.9. The first-order valence-electron chi connectivity index (χ1n) is 7.03. The van der Waals surface area contributed by atoms with Crippen molar-refractivity contribution in [2.45, 2.75) is 13.5 Å². The normalized spacial score (nSPS) is 22.8. The summed E-state index contributed by atoms with van der Waals surface area (Å²) < 4.78 is 1.03. The lowest BCUT2D eigenvalue weighted by molar-refractivity contribution is -0.142. The number of hydrogen-bond donors (Lipinski definition) is 1. The minimum absolute atomic E-state index is 0.189. The molecule has 0 spiro atoms. The van der Waals surface area contributed by atoms with Crippen molar-refractivity contribution in [1.29, 1.82) is 0 Å². The number of carboxylic acids is 1. The molecule has 2 atom stereocenters. The number of halogens is 1. The molecule has 0 aliphatic carbocycles. The lowest BCUT2D eigenvalue weighted by Crippen LogP contribution is -2.23. The fourth-order valence-electron chi connectivity index (χ4n) is 3.11. The van der Waals surface area contributed by atoms with Crippen LogP contribution in [0.2, 0.25) is 0 Å². The summed E-state index contributed by atoms with van der Waals surface area (Å²) in [5.41, 5.74) is 2.13.